The van der Waals surface area contributed by atoms with E-state index in [-0.39, 0.29) is 11.8 Å². The lowest BCUT2D eigenvalue weighted by molar-refractivity contribution is -0.122. The van der Waals surface area contributed by atoms with Crippen molar-refractivity contribution in [1.29, 1.82) is 0 Å². The number of amides is 2. The molecule has 0 aliphatic carbocycles. The molecule has 0 N–H and O–H groups in total. The molecular weight excluding hydrogens is 424 g/mol. The quantitative estimate of drug-likeness (QED) is 0.398. The number of benzene rings is 1. The number of carbonyl (C=O) groups is 2. The third kappa shape index (κ3) is 3.28. The molecule has 1 aromatic carbocycles. The van der Waals surface area contributed by atoms with Crippen molar-refractivity contribution in [2.75, 3.05) is 31.7 Å². The van der Waals surface area contributed by atoms with Gasteiger partial charge in [0.2, 0.25) is 0 Å². The van der Waals surface area contributed by atoms with E-state index in [9.17, 15) is 9.59 Å². The Morgan fingerprint density at radius 2 is 2.00 bits per heavy atom. The van der Waals surface area contributed by atoms with Crippen molar-refractivity contribution in [2.45, 2.75) is 13.3 Å². The minimum Gasteiger partial charge on any atom is -0.385 e. The van der Waals surface area contributed by atoms with Gasteiger partial charge in [0.05, 0.1) is 16.2 Å². The molecule has 2 amide bonds. The molecule has 0 spiro atoms. The summed E-state index contributed by atoms with van der Waals surface area (Å²) in [5.74, 6) is -0.341. The lowest BCUT2D eigenvalue weighted by Crippen LogP contribution is -2.30. The molecule has 0 radical (unpaired) electrons. The van der Waals surface area contributed by atoms with Gasteiger partial charge in [-0.05, 0) is 31.5 Å². The zero-order valence-electron chi connectivity index (χ0n) is 13.9. The average molecular weight is 441 g/mol. The number of thiocarbonyl (C=S) groups is 1. The molecule has 132 valence electrons. The lowest BCUT2D eigenvalue weighted by Gasteiger charge is -2.14. The number of halogens is 1. The first-order valence-corrected chi connectivity index (χ1v) is 9.90. The van der Waals surface area contributed by atoms with Gasteiger partial charge < -0.3 is 9.64 Å². The van der Waals surface area contributed by atoms with Crippen LogP contribution in [0.15, 0.2) is 27.6 Å². The maximum atomic E-state index is 12.9. The number of likely N-dealkylation sites (N-methyl/N-ethyl adjacent to an activating group) is 1. The van der Waals surface area contributed by atoms with Crippen LogP contribution in [0.2, 0.25) is 0 Å². The van der Waals surface area contributed by atoms with Gasteiger partial charge in [0.25, 0.3) is 11.8 Å². The van der Waals surface area contributed by atoms with Crippen LogP contribution in [0.5, 0.6) is 0 Å². The zero-order chi connectivity index (χ0) is 18.1. The minimum atomic E-state index is -0.196. The normalized spacial score (nSPS) is 20.0. The molecule has 2 aliphatic heterocycles. The zero-order valence-corrected chi connectivity index (χ0v) is 17.1. The molecule has 1 saturated heterocycles. The fourth-order valence-electron chi connectivity index (χ4n) is 2.95. The molecule has 1 fully saturated rings. The molecule has 0 bridgehead atoms. The summed E-state index contributed by atoms with van der Waals surface area (Å²) in [4.78, 5) is 29.5. The first-order chi connectivity index (χ1) is 12.0. The van der Waals surface area contributed by atoms with Crippen molar-refractivity contribution in [3.05, 3.63) is 33.1 Å². The van der Waals surface area contributed by atoms with Gasteiger partial charge in [0, 0.05) is 36.8 Å². The first kappa shape index (κ1) is 18.6. The number of nitrogens with zero attached hydrogens (tertiary/aromatic N) is 2. The highest BCUT2D eigenvalue weighted by Gasteiger charge is 2.41. The highest BCUT2D eigenvalue weighted by atomic mass is 79.9. The number of hydrogen-bond acceptors (Lipinski definition) is 5. The van der Waals surface area contributed by atoms with E-state index >= 15 is 0 Å². The van der Waals surface area contributed by atoms with Gasteiger partial charge in [0.15, 0.2) is 0 Å². The molecule has 0 unspecified atom stereocenters. The number of thioether (sulfide) groups is 1. The summed E-state index contributed by atoms with van der Waals surface area (Å²) < 4.78 is 6.39. The standard InChI is InChI=1S/C17H17BrN2O3S2/c1-3-19-12-6-5-10(18)9-11(12)13(15(19)21)14-16(22)20(17(24)25-14)7-4-8-23-2/h5-6,9H,3-4,7-8H2,1-2H3/b14-13-. The van der Waals surface area contributed by atoms with Crippen LogP contribution >= 0.6 is 39.9 Å². The topological polar surface area (TPSA) is 49.9 Å². The van der Waals surface area contributed by atoms with E-state index in [4.69, 9.17) is 17.0 Å². The van der Waals surface area contributed by atoms with Gasteiger partial charge in [-0.1, -0.05) is 39.9 Å². The van der Waals surface area contributed by atoms with E-state index in [0.717, 1.165) is 15.7 Å². The van der Waals surface area contributed by atoms with E-state index in [1.54, 1.807) is 16.9 Å². The molecule has 8 heteroatoms. The fraction of sp³-hybridized carbons (Fsp3) is 0.353. The molecular formula is C17H17BrN2O3S2. The predicted octanol–water partition coefficient (Wildman–Crippen LogP) is 3.42. The molecule has 0 atom stereocenters. The number of methoxy groups -OCH3 is 1. The van der Waals surface area contributed by atoms with Crippen molar-refractivity contribution in [2.24, 2.45) is 0 Å². The van der Waals surface area contributed by atoms with Crippen molar-refractivity contribution < 1.29 is 14.3 Å². The van der Waals surface area contributed by atoms with Crippen LogP contribution in [0, 0.1) is 0 Å². The van der Waals surface area contributed by atoms with Crippen LogP contribution in [-0.2, 0) is 14.3 Å². The fourth-order valence-corrected chi connectivity index (χ4v) is 4.69. The van der Waals surface area contributed by atoms with Gasteiger partial charge in [-0.15, -0.1) is 0 Å². The summed E-state index contributed by atoms with van der Waals surface area (Å²) in [6, 6.07) is 5.68. The number of rotatable bonds is 5. The summed E-state index contributed by atoms with van der Waals surface area (Å²) in [5, 5.41) is 0. The van der Waals surface area contributed by atoms with Crippen LogP contribution in [0.4, 0.5) is 5.69 Å². The second-order valence-corrected chi connectivity index (χ2v) is 8.15. The van der Waals surface area contributed by atoms with E-state index in [1.165, 1.54) is 11.8 Å². The largest absolute Gasteiger partial charge is 0.385 e. The highest BCUT2D eigenvalue weighted by Crippen LogP contribution is 2.45. The van der Waals surface area contributed by atoms with E-state index < -0.39 is 0 Å². The maximum absolute atomic E-state index is 12.9. The summed E-state index contributed by atoms with van der Waals surface area (Å²) in [6.45, 7) is 3.52. The Hall–Kier alpha value is -1.22. The molecule has 0 aromatic heterocycles. The molecule has 3 rings (SSSR count). The molecule has 2 aliphatic rings. The summed E-state index contributed by atoms with van der Waals surface area (Å²) in [6.07, 6.45) is 0.697. The summed E-state index contributed by atoms with van der Waals surface area (Å²) in [7, 11) is 1.62. The highest BCUT2D eigenvalue weighted by molar-refractivity contribution is 9.10. The van der Waals surface area contributed by atoms with Crippen LogP contribution in [0.3, 0.4) is 0 Å². The first-order valence-electron chi connectivity index (χ1n) is 7.88. The number of fused-ring (bicyclic) bond motifs is 1. The molecule has 0 saturated carbocycles. The SMILES string of the molecule is CCN1C(=O)/C(=C2\SC(=S)N(CCCOC)C2=O)c2cc(Br)ccc21. The van der Waals surface area contributed by atoms with Crippen molar-refractivity contribution in [1.82, 2.24) is 4.90 Å². The Morgan fingerprint density at radius 3 is 2.68 bits per heavy atom. The smallest absolute Gasteiger partial charge is 0.267 e. The number of anilines is 1. The molecule has 1 aromatic rings. The second-order valence-electron chi connectivity index (χ2n) is 5.59. The average Bonchev–Trinajstić information content (AvgIpc) is 3.01. The maximum Gasteiger partial charge on any atom is 0.267 e. The van der Waals surface area contributed by atoms with Crippen LogP contribution in [0.25, 0.3) is 5.57 Å². The van der Waals surface area contributed by atoms with Gasteiger partial charge in [-0.25, -0.2) is 0 Å². The van der Waals surface area contributed by atoms with Gasteiger partial charge in [-0.3, -0.25) is 14.5 Å². The molecule has 25 heavy (non-hydrogen) atoms. The summed E-state index contributed by atoms with van der Waals surface area (Å²) in [5.41, 5.74) is 2.05. The van der Waals surface area contributed by atoms with Crippen LogP contribution in [-0.4, -0.2) is 47.8 Å². The van der Waals surface area contributed by atoms with Crippen molar-refractivity contribution in [3.63, 3.8) is 0 Å². The van der Waals surface area contributed by atoms with Crippen molar-refractivity contribution >= 4 is 67.3 Å². The minimum absolute atomic E-state index is 0.145. The van der Waals surface area contributed by atoms with Crippen LogP contribution in [0.1, 0.15) is 18.9 Å². The second kappa shape index (κ2) is 7.57. The molecule has 2 heterocycles. The Morgan fingerprint density at radius 1 is 1.24 bits per heavy atom. The van der Waals surface area contributed by atoms with E-state index in [2.05, 4.69) is 15.9 Å². The monoisotopic (exact) mass is 440 g/mol. The number of hydrogen-bond donors (Lipinski definition) is 0. The number of ether oxygens (including phenoxy) is 1. The Labute approximate surface area is 164 Å². The van der Waals surface area contributed by atoms with Gasteiger partial charge in [-0.2, -0.15) is 0 Å². The van der Waals surface area contributed by atoms with E-state index in [0.29, 0.717) is 40.9 Å². The van der Waals surface area contributed by atoms with Gasteiger partial charge >= 0.3 is 0 Å². The summed E-state index contributed by atoms with van der Waals surface area (Å²) >= 11 is 10.0. The Kier molecular flexibility index (Phi) is 5.62. The third-order valence-electron chi connectivity index (χ3n) is 4.10. The predicted molar refractivity (Wildman–Crippen MR) is 107 cm³/mol. The Balaban J connectivity index is 2.03. The van der Waals surface area contributed by atoms with Crippen molar-refractivity contribution in [3.8, 4) is 0 Å². The van der Waals surface area contributed by atoms with E-state index in [1.807, 2.05) is 25.1 Å². The molecule has 5 nitrogen and oxygen atoms in total. The third-order valence-corrected chi connectivity index (χ3v) is 6.04. The van der Waals surface area contributed by atoms with Crippen LogP contribution < -0.4 is 4.90 Å². The van der Waals surface area contributed by atoms with Gasteiger partial charge in [0.1, 0.15) is 4.32 Å². The number of carbonyl (C=O) groups excluding carboxylic acids is 2. The Bertz CT molecular complexity index is 794. The lowest BCUT2D eigenvalue weighted by atomic mass is 10.1.